The molecule has 0 saturated carbocycles. The molecule has 1 aromatic carbocycles. The molecule has 0 unspecified atom stereocenters. The summed E-state index contributed by atoms with van der Waals surface area (Å²) in [6.45, 7) is 5.80. The van der Waals surface area contributed by atoms with Crippen LogP contribution in [0.2, 0.25) is 0 Å². The Balaban J connectivity index is 1.59. The SMILES string of the molecule is Cc1ccc(-c2ccc(C(=O)NC3CCN(CC(N)=O)CC3)cc2)c(C)n1. The lowest BCUT2D eigenvalue weighted by molar-refractivity contribution is -0.119. The van der Waals surface area contributed by atoms with Crippen molar-refractivity contribution in [3.05, 3.63) is 53.3 Å². The number of pyridine rings is 1. The van der Waals surface area contributed by atoms with Gasteiger partial charge in [0.1, 0.15) is 0 Å². The summed E-state index contributed by atoms with van der Waals surface area (Å²) in [7, 11) is 0. The molecule has 142 valence electrons. The second-order valence-electron chi connectivity index (χ2n) is 7.15. The third-order valence-corrected chi connectivity index (χ3v) is 4.99. The van der Waals surface area contributed by atoms with Crippen LogP contribution in [0.1, 0.15) is 34.6 Å². The van der Waals surface area contributed by atoms with Crippen LogP contribution in [0.5, 0.6) is 0 Å². The number of piperidine rings is 1. The zero-order chi connectivity index (χ0) is 19.4. The Morgan fingerprint density at radius 3 is 2.37 bits per heavy atom. The molecular weight excluding hydrogens is 340 g/mol. The van der Waals surface area contributed by atoms with Gasteiger partial charge in [-0.05, 0) is 50.5 Å². The summed E-state index contributed by atoms with van der Waals surface area (Å²) in [5, 5.41) is 3.09. The van der Waals surface area contributed by atoms with Gasteiger partial charge in [-0.15, -0.1) is 0 Å². The molecule has 0 aliphatic carbocycles. The molecule has 0 radical (unpaired) electrons. The molecule has 27 heavy (non-hydrogen) atoms. The van der Waals surface area contributed by atoms with Gasteiger partial charge < -0.3 is 11.1 Å². The van der Waals surface area contributed by atoms with Crippen molar-refractivity contribution in [1.29, 1.82) is 0 Å². The Morgan fingerprint density at radius 1 is 1.11 bits per heavy atom. The molecule has 2 aromatic rings. The number of amides is 2. The van der Waals surface area contributed by atoms with Crippen LogP contribution in [0.15, 0.2) is 36.4 Å². The molecule has 1 fully saturated rings. The number of hydrogen-bond acceptors (Lipinski definition) is 4. The van der Waals surface area contributed by atoms with E-state index in [1.807, 2.05) is 49.1 Å². The third kappa shape index (κ3) is 4.92. The first kappa shape index (κ1) is 19.0. The number of hydrogen-bond donors (Lipinski definition) is 2. The highest BCUT2D eigenvalue weighted by Crippen LogP contribution is 2.23. The first-order valence-electron chi connectivity index (χ1n) is 9.28. The Hall–Kier alpha value is -2.73. The van der Waals surface area contributed by atoms with E-state index >= 15 is 0 Å². The maximum absolute atomic E-state index is 12.5. The first-order valence-corrected chi connectivity index (χ1v) is 9.28. The van der Waals surface area contributed by atoms with Gasteiger partial charge >= 0.3 is 0 Å². The number of aromatic nitrogens is 1. The molecule has 1 saturated heterocycles. The summed E-state index contributed by atoms with van der Waals surface area (Å²) in [6, 6.07) is 11.8. The van der Waals surface area contributed by atoms with E-state index < -0.39 is 0 Å². The number of nitrogens with zero attached hydrogens (tertiary/aromatic N) is 2. The fraction of sp³-hybridized carbons (Fsp3) is 0.381. The standard InChI is InChI=1S/C21H26N4O2/c1-14-3-8-19(15(2)23-14)16-4-6-17(7-5-16)21(27)24-18-9-11-25(12-10-18)13-20(22)26/h3-8,18H,9-13H2,1-2H3,(H2,22,26)(H,24,27). The van der Waals surface area contributed by atoms with Crippen molar-refractivity contribution < 1.29 is 9.59 Å². The number of nitrogens with two attached hydrogens (primary N) is 1. The summed E-state index contributed by atoms with van der Waals surface area (Å²) < 4.78 is 0. The van der Waals surface area contributed by atoms with Gasteiger partial charge in [-0.2, -0.15) is 0 Å². The molecule has 6 nitrogen and oxygen atoms in total. The van der Waals surface area contributed by atoms with Gasteiger partial charge in [0.05, 0.1) is 6.54 Å². The minimum atomic E-state index is -0.309. The molecular formula is C21H26N4O2. The molecule has 0 bridgehead atoms. The van der Waals surface area contributed by atoms with Crippen molar-refractivity contribution in [2.45, 2.75) is 32.7 Å². The second-order valence-corrected chi connectivity index (χ2v) is 7.15. The lowest BCUT2D eigenvalue weighted by atomic mass is 10.0. The summed E-state index contributed by atoms with van der Waals surface area (Å²) in [5.74, 6) is -0.370. The maximum atomic E-state index is 12.5. The minimum absolute atomic E-state index is 0.0614. The highest BCUT2D eigenvalue weighted by atomic mass is 16.2. The predicted molar refractivity (Wildman–Crippen MR) is 105 cm³/mol. The van der Waals surface area contributed by atoms with Crippen LogP contribution in [0.3, 0.4) is 0 Å². The Morgan fingerprint density at radius 2 is 1.78 bits per heavy atom. The molecule has 3 N–H and O–H groups in total. The lowest BCUT2D eigenvalue weighted by Gasteiger charge is -2.31. The van der Waals surface area contributed by atoms with Crippen molar-refractivity contribution in [2.24, 2.45) is 5.73 Å². The Labute approximate surface area is 159 Å². The summed E-state index contributed by atoms with van der Waals surface area (Å²) in [6.07, 6.45) is 1.65. The van der Waals surface area contributed by atoms with Crippen LogP contribution in [0, 0.1) is 13.8 Å². The van der Waals surface area contributed by atoms with Crippen molar-refractivity contribution in [3.8, 4) is 11.1 Å². The molecule has 1 aromatic heterocycles. The number of carbonyl (C=O) groups excluding carboxylic acids is 2. The number of likely N-dealkylation sites (tertiary alicyclic amines) is 1. The maximum Gasteiger partial charge on any atom is 0.251 e. The number of primary amides is 1. The lowest BCUT2D eigenvalue weighted by Crippen LogP contribution is -2.46. The van der Waals surface area contributed by atoms with E-state index in [0.29, 0.717) is 5.56 Å². The topological polar surface area (TPSA) is 88.3 Å². The molecule has 2 heterocycles. The normalized spacial score (nSPS) is 15.5. The molecule has 1 aliphatic rings. The molecule has 0 spiro atoms. The molecule has 3 rings (SSSR count). The van der Waals surface area contributed by atoms with E-state index in [0.717, 1.165) is 48.4 Å². The first-order chi connectivity index (χ1) is 12.9. The van der Waals surface area contributed by atoms with Crippen molar-refractivity contribution in [2.75, 3.05) is 19.6 Å². The summed E-state index contributed by atoms with van der Waals surface area (Å²) >= 11 is 0. The van der Waals surface area contributed by atoms with Crippen molar-refractivity contribution in [3.63, 3.8) is 0 Å². The fourth-order valence-electron chi connectivity index (χ4n) is 3.52. The highest BCUT2D eigenvalue weighted by molar-refractivity contribution is 5.94. The molecule has 2 amide bonds. The van der Waals surface area contributed by atoms with Gasteiger partial charge in [-0.1, -0.05) is 18.2 Å². The average Bonchev–Trinajstić information content (AvgIpc) is 2.63. The fourth-order valence-corrected chi connectivity index (χ4v) is 3.52. The molecule has 0 atom stereocenters. The van der Waals surface area contributed by atoms with E-state index in [9.17, 15) is 9.59 Å². The number of nitrogens with one attached hydrogen (secondary N) is 1. The van der Waals surface area contributed by atoms with Gasteiger partial charge in [0, 0.05) is 41.6 Å². The third-order valence-electron chi connectivity index (χ3n) is 4.99. The monoisotopic (exact) mass is 366 g/mol. The number of benzene rings is 1. The number of aryl methyl sites for hydroxylation is 2. The van der Waals surface area contributed by atoms with Crippen LogP contribution < -0.4 is 11.1 Å². The van der Waals surface area contributed by atoms with E-state index in [1.54, 1.807) is 0 Å². The summed E-state index contributed by atoms with van der Waals surface area (Å²) in [5.41, 5.74) is 9.99. The minimum Gasteiger partial charge on any atom is -0.369 e. The zero-order valence-electron chi connectivity index (χ0n) is 15.9. The van der Waals surface area contributed by atoms with Crippen molar-refractivity contribution >= 4 is 11.8 Å². The number of carbonyl (C=O) groups is 2. The van der Waals surface area contributed by atoms with E-state index in [4.69, 9.17) is 5.73 Å². The smallest absolute Gasteiger partial charge is 0.251 e. The van der Waals surface area contributed by atoms with E-state index in [1.165, 1.54) is 0 Å². The van der Waals surface area contributed by atoms with Crippen LogP contribution in [-0.2, 0) is 4.79 Å². The number of rotatable bonds is 5. The summed E-state index contributed by atoms with van der Waals surface area (Å²) in [4.78, 5) is 30.0. The van der Waals surface area contributed by atoms with Crippen LogP contribution in [0.4, 0.5) is 0 Å². The quantitative estimate of drug-likeness (QED) is 0.848. The van der Waals surface area contributed by atoms with Crippen LogP contribution in [-0.4, -0.2) is 47.4 Å². The van der Waals surface area contributed by atoms with Gasteiger partial charge in [-0.3, -0.25) is 19.5 Å². The molecule has 6 heteroatoms. The van der Waals surface area contributed by atoms with E-state index in [-0.39, 0.29) is 24.4 Å². The van der Waals surface area contributed by atoms with E-state index in [2.05, 4.69) is 16.4 Å². The average molecular weight is 366 g/mol. The Bertz CT molecular complexity index is 825. The van der Waals surface area contributed by atoms with Gasteiger partial charge in [0.2, 0.25) is 5.91 Å². The largest absolute Gasteiger partial charge is 0.369 e. The van der Waals surface area contributed by atoms with Crippen LogP contribution in [0.25, 0.3) is 11.1 Å². The van der Waals surface area contributed by atoms with Crippen molar-refractivity contribution in [1.82, 2.24) is 15.2 Å². The van der Waals surface area contributed by atoms with Gasteiger partial charge in [-0.25, -0.2) is 0 Å². The van der Waals surface area contributed by atoms with Gasteiger partial charge in [0.15, 0.2) is 0 Å². The van der Waals surface area contributed by atoms with Gasteiger partial charge in [0.25, 0.3) is 5.91 Å². The Kier molecular flexibility index (Phi) is 5.86. The molecule has 1 aliphatic heterocycles. The highest BCUT2D eigenvalue weighted by Gasteiger charge is 2.21. The zero-order valence-corrected chi connectivity index (χ0v) is 15.9. The predicted octanol–water partition coefficient (Wildman–Crippen LogP) is 2.04. The second kappa shape index (κ2) is 8.31. The van der Waals surface area contributed by atoms with Crippen LogP contribution >= 0.6 is 0 Å².